The SMILES string of the molecule is CCc1nc(-c2nnn(C)c2COC2CCCCO2)ccc1N1C[C@@H](CC(=O)OC(C)(C)C)CC(F)(F)C1. The second-order valence-corrected chi connectivity index (χ2v) is 11.2. The number of carbonyl (C=O) groups excluding carboxylic acids is 1. The Morgan fingerprint density at radius 3 is 2.74 bits per heavy atom. The fourth-order valence-electron chi connectivity index (χ4n) is 5.07. The highest BCUT2D eigenvalue weighted by Crippen LogP contribution is 2.37. The van der Waals surface area contributed by atoms with Crippen LogP contribution in [0.3, 0.4) is 0 Å². The van der Waals surface area contributed by atoms with Crippen LogP contribution in [0.25, 0.3) is 11.4 Å². The molecule has 0 spiro atoms. The summed E-state index contributed by atoms with van der Waals surface area (Å²) in [5, 5.41) is 8.47. The van der Waals surface area contributed by atoms with Crippen molar-refractivity contribution in [1.29, 1.82) is 0 Å². The number of pyridine rings is 1. The fraction of sp³-hybridized carbons (Fsp3) is 0.704. The first-order valence-electron chi connectivity index (χ1n) is 13.4. The predicted molar refractivity (Wildman–Crippen MR) is 138 cm³/mol. The number of hydrogen-bond donors (Lipinski definition) is 0. The number of hydrogen-bond acceptors (Lipinski definition) is 8. The summed E-state index contributed by atoms with van der Waals surface area (Å²) in [7, 11) is 1.80. The minimum Gasteiger partial charge on any atom is -0.460 e. The first-order valence-corrected chi connectivity index (χ1v) is 13.4. The van der Waals surface area contributed by atoms with E-state index in [2.05, 4.69) is 10.3 Å². The Kier molecular flexibility index (Phi) is 8.66. The van der Waals surface area contributed by atoms with Crippen molar-refractivity contribution in [3.63, 3.8) is 0 Å². The molecule has 9 nitrogen and oxygen atoms in total. The van der Waals surface area contributed by atoms with Crippen molar-refractivity contribution < 1.29 is 27.8 Å². The summed E-state index contributed by atoms with van der Waals surface area (Å²) in [5.41, 5.74) is 2.64. The maximum atomic E-state index is 14.8. The molecule has 0 saturated carbocycles. The van der Waals surface area contributed by atoms with Gasteiger partial charge in [0.25, 0.3) is 5.92 Å². The van der Waals surface area contributed by atoms with Crippen LogP contribution in [-0.4, -0.2) is 63.5 Å². The highest BCUT2D eigenvalue weighted by molar-refractivity contribution is 5.70. The smallest absolute Gasteiger partial charge is 0.306 e. The molecular formula is C27H39F2N5O4. The first kappa shape index (κ1) is 28.4. The van der Waals surface area contributed by atoms with Gasteiger partial charge in [0.15, 0.2) is 6.29 Å². The molecule has 1 unspecified atom stereocenters. The molecule has 0 N–H and O–H groups in total. The predicted octanol–water partition coefficient (Wildman–Crippen LogP) is 4.68. The second kappa shape index (κ2) is 11.6. The normalized spacial score (nSPS) is 21.9. The standard InChI is InChI=1S/C27H39F2N5O4/c1-6-19-21(34-15-18(14-27(28,29)17-34)13-23(35)38-26(2,3)4)11-10-20(30-19)25-22(33(5)32-31-25)16-37-24-9-7-8-12-36-24/h10-11,18,24H,6-9,12-17H2,1-5H3/t18-,24?/m0/s1. The van der Waals surface area contributed by atoms with Crippen LogP contribution in [0.2, 0.25) is 0 Å². The summed E-state index contributed by atoms with van der Waals surface area (Å²) >= 11 is 0. The third-order valence-corrected chi connectivity index (χ3v) is 6.72. The van der Waals surface area contributed by atoms with E-state index in [0.717, 1.165) is 25.0 Å². The molecule has 4 rings (SSSR count). The van der Waals surface area contributed by atoms with E-state index in [4.69, 9.17) is 19.2 Å². The third-order valence-electron chi connectivity index (χ3n) is 6.72. The van der Waals surface area contributed by atoms with E-state index in [-0.39, 0.29) is 25.7 Å². The fourth-order valence-corrected chi connectivity index (χ4v) is 5.07. The van der Waals surface area contributed by atoms with Gasteiger partial charge in [0, 0.05) is 26.6 Å². The van der Waals surface area contributed by atoms with Crippen LogP contribution in [-0.2, 0) is 39.1 Å². The highest BCUT2D eigenvalue weighted by Gasteiger charge is 2.42. The van der Waals surface area contributed by atoms with Crippen LogP contribution in [0, 0.1) is 5.92 Å². The maximum absolute atomic E-state index is 14.8. The zero-order valence-electron chi connectivity index (χ0n) is 23.0. The van der Waals surface area contributed by atoms with Gasteiger partial charge in [-0.15, -0.1) is 5.10 Å². The Bertz CT molecular complexity index is 1110. The lowest BCUT2D eigenvalue weighted by molar-refractivity contribution is -0.169. The summed E-state index contributed by atoms with van der Waals surface area (Å²) in [6, 6.07) is 3.60. The van der Waals surface area contributed by atoms with E-state index >= 15 is 0 Å². The molecule has 0 aliphatic carbocycles. The molecule has 0 bridgehead atoms. The molecule has 2 aromatic rings. The number of aromatic nitrogens is 4. The molecule has 0 radical (unpaired) electrons. The molecule has 2 aliphatic heterocycles. The van der Waals surface area contributed by atoms with Gasteiger partial charge in [-0.3, -0.25) is 4.79 Å². The molecule has 2 aromatic heterocycles. The lowest BCUT2D eigenvalue weighted by atomic mass is 9.91. The number of piperidine rings is 1. The van der Waals surface area contributed by atoms with Crippen LogP contribution >= 0.6 is 0 Å². The summed E-state index contributed by atoms with van der Waals surface area (Å²) in [4.78, 5) is 18.8. The lowest BCUT2D eigenvalue weighted by Gasteiger charge is -2.39. The van der Waals surface area contributed by atoms with E-state index in [1.807, 2.05) is 13.0 Å². The van der Waals surface area contributed by atoms with E-state index in [9.17, 15) is 13.6 Å². The molecule has 2 fully saturated rings. The number of carbonyl (C=O) groups is 1. The van der Waals surface area contributed by atoms with Crippen molar-refractivity contribution in [2.45, 2.75) is 90.6 Å². The highest BCUT2D eigenvalue weighted by atomic mass is 19.3. The van der Waals surface area contributed by atoms with Gasteiger partial charge in [-0.1, -0.05) is 12.1 Å². The molecule has 0 amide bonds. The molecule has 210 valence electrons. The Hall–Kier alpha value is -2.66. The summed E-state index contributed by atoms with van der Waals surface area (Å²) in [6.07, 6.45) is 2.86. The number of esters is 1. The molecule has 11 heteroatoms. The van der Waals surface area contributed by atoms with Crippen LogP contribution in [0.1, 0.15) is 71.2 Å². The van der Waals surface area contributed by atoms with E-state index in [1.54, 1.807) is 43.5 Å². The summed E-state index contributed by atoms with van der Waals surface area (Å²) in [5.74, 6) is -3.91. The Morgan fingerprint density at radius 2 is 2.05 bits per heavy atom. The van der Waals surface area contributed by atoms with Gasteiger partial charge < -0.3 is 19.1 Å². The average molecular weight is 536 g/mol. The number of nitrogens with zero attached hydrogens (tertiary/aromatic N) is 5. The maximum Gasteiger partial charge on any atom is 0.306 e. The molecule has 2 saturated heterocycles. The van der Waals surface area contributed by atoms with Crippen molar-refractivity contribution in [1.82, 2.24) is 20.0 Å². The molecular weight excluding hydrogens is 496 g/mol. The number of halogens is 2. The Morgan fingerprint density at radius 1 is 1.26 bits per heavy atom. The van der Waals surface area contributed by atoms with Gasteiger partial charge in [0.2, 0.25) is 0 Å². The number of alkyl halides is 2. The molecule has 2 atom stereocenters. The Labute approximate surface area is 222 Å². The van der Waals surface area contributed by atoms with Crippen molar-refractivity contribution in [2.75, 3.05) is 24.6 Å². The summed E-state index contributed by atoms with van der Waals surface area (Å²) in [6.45, 7) is 8.13. The van der Waals surface area contributed by atoms with Crippen LogP contribution in [0.4, 0.5) is 14.5 Å². The molecule has 4 heterocycles. The van der Waals surface area contributed by atoms with E-state index in [0.29, 0.717) is 42.3 Å². The third kappa shape index (κ3) is 7.25. The summed E-state index contributed by atoms with van der Waals surface area (Å²) < 4.78 is 48.3. The van der Waals surface area contributed by atoms with Crippen molar-refractivity contribution in [3.8, 4) is 11.4 Å². The quantitative estimate of drug-likeness (QED) is 0.450. The van der Waals surface area contributed by atoms with Crippen LogP contribution in [0.15, 0.2) is 12.1 Å². The van der Waals surface area contributed by atoms with Crippen molar-refractivity contribution in [3.05, 3.63) is 23.5 Å². The number of aryl methyl sites for hydroxylation is 2. The van der Waals surface area contributed by atoms with Gasteiger partial charge in [-0.2, -0.15) is 0 Å². The second-order valence-electron chi connectivity index (χ2n) is 11.2. The zero-order valence-corrected chi connectivity index (χ0v) is 23.0. The first-order chi connectivity index (χ1) is 17.9. The molecule has 0 aromatic carbocycles. The van der Waals surface area contributed by atoms with Crippen LogP contribution < -0.4 is 4.90 Å². The van der Waals surface area contributed by atoms with Gasteiger partial charge in [-0.05, 0) is 64.5 Å². The van der Waals surface area contributed by atoms with Gasteiger partial charge in [0.1, 0.15) is 11.3 Å². The number of anilines is 1. The van der Waals surface area contributed by atoms with E-state index < -0.39 is 30.0 Å². The largest absolute Gasteiger partial charge is 0.460 e. The topological polar surface area (TPSA) is 91.6 Å². The molecule has 38 heavy (non-hydrogen) atoms. The minimum absolute atomic E-state index is 0.0516. The van der Waals surface area contributed by atoms with Gasteiger partial charge in [-0.25, -0.2) is 18.4 Å². The van der Waals surface area contributed by atoms with Gasteiger partial charge in [0.05, 0.1) is 42.3 Å². The van der Waals surface area contributed by atoms with Gasteiger partial charge >= 0.3 is 5.97 Å². The average Bonchev–Trinajstić information content (AvgIpc) is 3.20. The van der Waals surface area contributed by atoms with Crippen molar-refractivity contribution >= 4 is 11.7 Å². The minimum atomic E-state index is -2.93. The van der Waals surface area contributed by atoms with E-state index in [1.165, 1.54) is 0 Å². The number of ether oxygens (including phenoxy) is 3. The number of rotatable bonds is 8. The lowest BCUT2D eigenvalue weighted by Crippen LogP contribution is -2.48. The monoisotopic (exact) mass is 535 g/mol. The molecule has 2 aliphatic rings. The van der Waals surface area contributed by atoms with Crippen LogP contribution in [0.5, 0.6) is 0 Å². The Balaban J connectivity index is 1.52. The van der Waals surface area contributed by atoms with Crippen molar-refractivity contribution in [2.24, 2.45) is 13.0 Å². The zero-order chi connectivity index (χ0) is 27.5.